The Balaban J connectivity index is 1.89. The molecule has 2 aliphatic rings. The largest absolute Gasteiger partial charge is 0.340 e. The highest BCUT2D eigenvalue weighted by Crippen LogP contribution is 2.47. The third-order valence-electron chi connectivity index (χ3n) is 5.01. The molecule has 1 aliphatic heterocycles. The summed E-state index contributed by atoms with van der Waals surface area (Å²) < 4.78 is 1.38. The Kier molecular flexibility index (Phi) is 2.99. The number of hydrogen-bond donors (Lipinski definition) is 2. The third kappa shape index (κ3) is 1.83. The molecule has 2 N–H and O–H groups in total. The predicted molar refractivity (Wildman–Crippen MR) is 99.8 cm³/mol. The summed E-state index contributed by atoms with van der Waals surface area (Å²) >= 11 is 1.51. The summed E-state index contributed by atoms with van der Waals surface area (Å²) in [6.07, 6.45) is 0. The number of nitrogens with zero attached hydrogens (tertiary/aromatic N) is 1. The molecule has 3 heterocycles. The maximum Gasteiger partial charge on any atom is 0.329 e. The molecule has 3 aromatic rings. The highest BCUT2D eigenvalue weighted by molar-refractivity contribution is 7.08. The molecule has 7 heteroatoms. The van der Waals surface area contributed by atoms with Gasteiger partial charge >= 0.3 is 5.69 Å². The van der Waals surface area contributed by atoms with Gasteiger partial charge in [0.25, 0.3) is 5.56 Å². The third-order valence-corrected chi connectivity index (χ3v) is 5.71. The van der Waals surface area contributed by atoms with Crippen molar-refractivity contribution >= 4 is 28.6 Å². The first kappa shape index (κ1) is 15.1. The second-order valence-electron chi connectivity index (χ2n) is 6.36. The maximum atomic E-state index is 13.1. The number of carbonyl (C=O) groups excluding carboxylic acids is 1. The van der Waals surface area contributed by atoms with Gasteiger partial charge in [-0.3, -0.25) is 19.1 Å². The van der Waals surface area contributed by atoms with Gasteiger partial charge in [-0.05, 0) is 22.4 Å². The number of H-pyrrole nitrogens is 1. The second kappa shape index (κ2) is 5.15. The van der Waals surface area contributed by atoms with Crippen molar-refractivity contribution in [2.45, 2.75) is 5.92 Å². The van der Waals surface area contributed by atoms with Crippen LogP contribution >= 0.6 is 11.3 Å². The Bertz CT molecular complexity index is 1230. The van der Waals surface area contributed by atoms with Crippen LogP contribution in [0.25, 0.3) is 5.70 Å². The molecule has 2 aromatic heterocycles. The zero-order valence-electron chi connectivity index (χ0n) is 13.7. The first-order chi connectivity index (χ1) is 12.6. The highest BCUT2D eigenvalue weighted by Gasteiger charge is 2.42. The van der Waals surface area contributed by atoms with E-state index in [0.29, 0.717) is 28.2 Å². The summed E-state index contributed by atoms with van der Waals surface area (Å²) in [5.74, 6) is -0.167. The number of thiophene rings is 1. The van der Waals surface area contributed by atoms with E-state index in [1.807, 2.05) is 35.0 Å². The lowest BCUT2D eigenvalue weighted by Crippen LogP contribution is -2.37. The van der Waals surface area contributed by atoms with Crippen LogP contribution in [0.5, 0.6) is 0 Å². The van der Waals surface area contributed by atoms with Crippen LogP contribution in [0.1, 0.15) is 33.0 Å². The van der Waals surface area contributed by atoms with Gasteiger partial charge in [0.05, 0.1) is 11.3 Å². The molecule has 5 rings (SSSR count). The van der Waals surface area contributed by atoms with E-state index in [9.17, 15) is 14.4 Å². The number of aromatic nitrogens is 2. The van der Waals surface area contributed by atoms with Crippen LogP contribution in [0, 0.1) is 0 Å². The van der Waals surface area contributed by atoms with Crippen molar-refractivity contribution in [3.05, 3.63) is 89.8 Å². The van der Waals surface area contributed by atoms with E-state index in [-0.39, 0.29) is 5.78 Å². The van der Waals surface area contributed by atoms with Crippen molar-refractivity contribution in [1.29, 1.82) is 0 Å². The first-order valence-electron chi connectivity index (χ1n) is 8.08. The normalized spacial score (nSPS) is 17.6. The van der Waals surface area contributed by atoms with Gasteiger partial charge < -0.3 is 5.32 Å². The Morgan fingerprint density at radius 1 is 1.08 bits per heavy atom. The lowest BCUT2D eigenvalue weighted by molar-refractivity contribution is 0.103. The average Bonchev–Trinajstić information content (AvgIpc) is 3.26. The smallest absolute Gasteiger partial charge is 0.329 e. The van der Waals surface area contributed by atoms with Crippen molar-refractivity contribution in [3.63, 3.8) is 0 Å². The zero-order valence-corrected chi connectivity index (χ0v) is 14.5. The minimum absolute atomic E-state index is 0.0850. The molecule has 0 saturated heterocycles. The summed E-state index contributed by atoms with van der Waals surface area (Å²) in [5.41, 5.74) is 2.94. The van der Waals surface area contributed by atoms with Crippen molar-refractivity contribution < 1.29 is 4.79 Å². The minimum Gasteiger partial charge on any atom is -0.340 e. The SMILES string of the molecule is Cn1c2c(c(=O)[nH]c1=O)[C@@H](c1ccsc1)C1=C(N2)c2ccccc2C1=O. The monoisotopic (exact) mass is 363 g/mol. The lowest BCUT2D eigenvalue weighted by atomic mass is 9.83. The van der Waals surface area contributed by atoms with E-state index >= 15 is 0 Å². The van der Waals surface area contributed by atoms with Crippen LogP contribution in [-0.2, 0) is 7.05 Å². The molecule has 128 valence electrons. The lowest BCUT2D eigenvalue weighted by Gasteiger charge is -2.28. The minimum atomic E-state index is -0.511. The molecule has 0 radical (unpaired) electrons. The molecule has 0 bridgehead atoms. The fourth-order valence-corrected chi connectivity index (χ4v) is 4.49. The van der Waals surface area contributed by atoms with E-state index in [1.165, 1.54) is 15.9 Å². The van der Waals surface area contributed by atoms with Crippen molar-refractivity contribution in [1.82, 2.24) is 9.55 Å². The van der Waals surface area contributed by atoms with Crippen LogP contribution < -0.4 is 16.6 Å². The quantitative estimate of drug-likeness (QED) is 0.695. The summed E-state index contributed by atoms with van der Waals surface area (Å²) in [7, 11) is 1.60. The number of fused-ring (bicyclic) bond motifs is 3. The van der Waals surface area contributed by atoms with Crippen LogP contribution in [-0.4, -0.2) is 15.3 Å². The van der Waals surface area contributed by atoms with Gasteiger partial charge in [0.1, 0.15) is 5.82 Å². The Morgan fingerprint density at radius 3 is 2.58 bits per heavy atom. The average molecular weight is 363 g/mol. The van der Waals surface area contributed by atoms with Gasteiger partial charge in [0.15, 0.2) is 5.78 Å². The summed E-state index contributed by atoms with van der Waals surface area (Å²) in [4.78, 5) is 40.3. The molecule has 1 aliphatic carbocycles. The van der Waals surface area contributed by atoms with E-state index in [4.69, 9.17) is 0 Å². The van der Waals surface area contributed by atoms with Gasteiger partial charge in [0.2, 0.25) is 0 Å². The van der Waals surface area contributed by atoms with E-state index in [0.717, 1.165) is 11.1 Å². The molecule has 0 spiro atoms. The van der Waals surface area contributed by atoms with Crippen LogP contribution in [0.3, 0.4) is 0 Å². The molecule has 0 unspecified atom stereocenters. The molecule has 0 fully saturated rings. The summed E-state index contributed by atoms with van der Waals surface area (Å²) in [6, 6.07) is 9.27. The topological polar surface area (TPSA) is 84.0 Å². The number of ketones is 1. The number of nitrogens with one attached hydrogen (secondary N) is 2. The Labute approximate surface area is 151 Å². The van der Waals surface area contributed by atoms with E-state index < -0.39 is 17.2 Å². The Morgan fingerprint density at radius 2 is 1.85 bits per heavy atom. The van der Waals surface area contributed by atoms with Gasteiger partial charge in [0, 0.05) is 29.7 Å². The number of allylic oxidation sites excluding steroid dienone is 1. The van der Waals surface area contributed by atoms with E-state index in [1.54, 1.807) is 13.1 Å². The molecular formula is C19H13N3O3S. The fraction of sp³-hybridized carbons (Fsp3) is 0.105. The summed E-state index contributed by atoms with van der Waals surface area (Å²) in [5, 5.41) is 7.04. The van der Waals surface area contributed by atoms with Crippen molar-refractivity contribution in [2.75, 3.05) is 5.32 Å². The van der Waals surface area contributed by atoms with E-state index in [2.05, 4.69) is 10.3 Å². The molecule has 0 saturated carbocycles. The first-order valence-corrected chi connectivity index (χ1v) is 9.03. The number of aromatic amines is 1. The van der Waals surface area contributed by atoms with Crippen LogP contribution in [0.4, 0.5) is 5.82 Å². The molecule has 6 nitrogen and oxygen atoms in total. The van der Waals surface area contributed by atoms with Gasteiger partial charge in [-0.15, -0.1) is 0 Å². The number of Topliss-reactive ketones (excluding diaryl/α,β-unsaturated/α-hetero) is 1. The molecule has 1 aromatic carbocycles. The standard InChI is InChI=1S/C19H13N3O3S/c1-22-17-14(18(24)21-19(22)25)12(9-6-7-26-8-9)13-15(20-17)10-4-2-3-5-11(10)16(13)23/h2-8,12,20H,1H3,(H,21,24,25)/t12-/m0/s1. The fourth-order valence-electron chi connectivity index (χ4n) is 3.81. The molecule has 26 heavy (non-hydrogen) atoms. The van der Waals surface area contributed by atoms with Crippen LogP contribution in [0.15, 0.2) is 56.3 Å². The number of rotatable bonds is 1. The van der Waals surface area contributed by atoms with Crippen molar-refractivity contribution in [3.8, 4) is 0 Å². The predicted octanol–water partition coefficient (Wildman–Crippen LogP) is 2.30. The molecule has 0 amide bonds. The molecular weight excluding hydrogens is 350 g/mol. The number of carbonyl (C=O) groups is 1. The number of benzene rings is 1. The number of hydrogen-bond acceptors (Lipinski definition) is 5. The van der Waals surface area contributed by atoms with Crippen molar-refractivity contribution in [2.24, 2.45) is 7.05 Å². The van der Waals surface area contributed by atoms with Gasteiger partial charge in [-0.1, -0.05) is 24.3 Å². The van der Waals surface area contributed by atoms with Gasteiger partial charge in [-0.2, -0.15) is 11.3 Å². The zero-order chi connectivity index (χ0) is 18.0. The second-order valence-corrected chi connectivity index (χ2v) is 7.14. The highest BCUT2D eigenvalue weighted by atomic mass is 32.1. The Hall–Kier alpha value is -3.19. The van der Waals surface area contributed by atoms with Gasteiger partial charge in [-0.25, -0.2) is 4.79 Å². The summed E-state index contributed by atoms with van der Waals surface area (Å²) in [6.45, 7) is 0. The molecule has 1 atom stereocenters. The maximum absolute atomic E-state index is 13.1. The number of anilines is 1. The van der Waals surface area contributed by atoms with Crippen LogP contribution in [0.2, 0.25) is 0 Å².